The molecule has 4 heterocycles. The van der Waals surface area contributed by atoms with Gasteiger partial charge in [0.25, 0.3) is 0 Å². The number of aromatic nitrogens is 4. The average molecular weight is 917 g/mol. The molecule has 0 amide bonds. The predicted octanol–water partition coefficient (Wildman–Crippen LogP) is 16.2. The van der Waals surface area contributed by atoms with E-state index in [9.17, 15) is 10.5 Å². The third-order valence-electron chi connectivity index (χ3n) is 15.4. The second kappa shape index (κ2) is 15.3. The van der Waals surface area contributed by atoms with Gasteiger partial charge in [-0.2, -0.15) is 10.5 Å². The minimum atomic E-state index is -0.527. The third-order valence-corrected chi connectivity index (χ3v) is 15.4. The lowest BCUT2D eigenvalue weighted by Crippen LogP contribution is -2.18. The van der Waals surface area contributed by atoms with Gasteiger partial charge in [0.15, 0.2) is 0 Å². The summed E-state index contributed by atoms with van der Waals surface area (Å²) < 4.78 is 9.53. The molecule has 4 aromatic heterocycles. The van der Waals surface area contributed by atoms with Crippen LogP contribution in [0.1, 0.15) is 5.56 Å². The van der Waals surface area contributed by atoms with Crippen molar-refractivity contribution in [2.24, 2.45) is 11.8 Å². The molecule has 9 aromatic carbocycles. The lowest BCUT2D eigenvalue weighted by Gasteiger charge is -2.27. The summed E-state index contributed by atoms with van der Waals surface area (Å²) in [5.41, 5.74) is 15.5. The maximum absolute atomic E-state index is 11.5. The van der Waals surface area contributed by atoms with Gasteiger partial charge in [0.1, 0.15) is 6.07 Å². The first-order chi connectivity index (χ1) is 35.7. The number of fused-ring (bicyclic) bond motifs is 12. The Kier molecular flexibility index (Phi) is 8.52. The van der Waals surface area contributed by atoms with Crippen LogP contribution < -0.4 is 0 Å². The molecule has 72 heavy (non-hydrogen) atoms. The van der Waals surface area contributed by atoms with E-state index in [-0.39, 0.29) is 5.92 Å². The smallest absolute Gasteiger partial charge is 0.100 e. The Hall–Kier alpha value is -9.88. The van der Waals surface area contributed by atoms with E-state index in [1.54, 1.807) is 0 Å². The minimum Gasteiger partial charge on any atom is -0.312 e. The van der Waals surface area contributed by atoms with Gasteiger partial charge in [0.2, 0.25) is 0 Å². The maximum atomic E-state index is 11.5. The molecule has 334 valence electrons. The maximum Gasteiger partial charge on any atom is 0.100 e. The number of para-hydroxylation sites is 8. The zero-order chi connectivity index (χ0) is 47.6. The van der Waals surface area contributed by atoms with Crippen LogP contribution in [0.5, 0.6) is 0 Å². The van der Waals surface area contributed by atoms with Crippen LogP contribution in [0.4, 0.5) is 0 Å². The normalized spacial score (nSPS) is 15.9. The fraction of sp³-hybridized carbons (Fsp3) is 0.0303. The monoisotopic (exact) mass is 916 g/mol. The molecule has 15 rings (SSSR count). The number of nitrogens with zero attached hydrogens (tertiary/aromatic N) is 6. The largest absolute Gasteiger partial charge is 0.312 e. The molecular weight excluding hydrogens is 877 g/mol. The molecule has 2 aliphatic rings. The van der Waals surface area contributed by atoms with E-state index in [4.69, 9.17) is 0 Å². The van der Waals surface area contributed by atoms with Gasteiger partial charge in [0, 0.05) is 77.7 Å². The Labute approximate surface area is 413 Å². The van der Waals surface area contributed by atoms with E-state index in [1.807, 2.05) is 6.08 Å². The molecule has 13 aromatic rings. The van der Waals surface area contributed by atoms with Gasteiger partial charge in [-0.1, -0.05) is 152 Å². The highest BCUT2D eigenvalue weighted by Crippen LogP contribution is 2.52. The van der Waals surface area contributed by atoms with E-state index in [2.05, 4.69) is 255 Å². The van der Waals surface area contributed by atoms with Crippen molar-refractivity contribution >= 4 is 104 Å². The fourth-order valence-electron chi connectivity index (χ4n) is 12.5. The molecule has 0 fully saturated rings. The Morgan fingerprint density at radius 1 is 0.347 bits per heavy atom. The van der Waals surface area contributed by atoms with Gasteiger partial charge >= 0.3 is 0 Å². The summed E-state index contributed by atoms with van der Waals surface area (Å²) in [6.45, 7) is 0. The summed E-state index contributed by atoms with van der Waals surface area (Å²) >= 11 is 0. The highest BCUT2D eigenvalue weighted by Gasteiger charge is 2.41. The molecule has 0 saturated heterocycles. The van der Waals surface area contributed by atoms with Gasteiger partial charge in [-0.3, -0.25) is 0 Å². The summed E-state index contributed by atoms with van der Waals surface area (Å²) in [5, 5.41) is 31.9. The van der Waals surface area contributed by atoms with E-state index < -0.39 is 5.92 Å². The Morgan fingerprint density at radius 2 is 0.681 bits per heavy atom. The van der Waals surface area contributed by atoms with Crippen LogP contribution >= 0.6 is 0 Å². The molecule has 2 aliphatic carbocycles. The van der Waals surface area contributed by atoms with Gasteiger partial charge in [-0.25, -0.2) is 0 Å². The van der Waals surface area contributed by atoms with E-state index in [0.29, 0.717) is 11.1 Å². The molecule has 2 atom stereocenters. The van der Waals surface area contributed by atoms with Gasteiger partial charge in [-0.15, -0.1) is 0 Å². The van der Waals surface area contributed by atoms with Crippen LogP contribution in [0.3, 0.4) is 0 Å². The molecule has 6 heteroatoms. The number of rotatable bonds is 6. The van der Waals surface area contributed by atoms with Crippen LogP contribution in [0.25, 0.3) is 116 Å². The Bertz CT molecular complexity index is 4390. The number of allylic oxidation sites excluding steroid dienone is 8. The Balaban J connectivity index is 1.03. The lowest BCUT2D eigenvalue weighted by molar-refractivity contribution is 0.679. The summed E-state index contributed by atoms with van der Waals surface area (Å²) in [4.78, 5) is 0. The van der Waals surface area contributed by atoms with Crippen molar-refractivity contribution in [3.8, 4) is 23.5 Å². The zero-order valence-corrected chi connectivity index (χ0v) is 38.8. The number of hydrogen-bond donors (Lipinski definition) is 0. The van der Waals surface area contributed by atoms with Crippen molar-refractivity contribution in [3.63, 3.8) is 0 Å². The van der Waals surface area contributed by atoms with Crippen molar-refractivity contribution in [2.45, 2.75) is 0 Å². The molecule has 6 nitrogen and oxygen atoms in total. The highest BCUT2D eigenvalue weighted by molar-refractivity contribution is 6.14. The molecule has 0 N–H and O–H groups in total. The topological polar surface area (TPSA) is 67.3 Å². The molecule has 0 aliphatic heterocycles. The van der Waals surface area contributed by atoms with Gasteiger partial charge < -0.3 is 18.3 Å². The van der Waals surface area contributed by atoms with Crippen LogP contribution in [-0.2, 0) is 0 Å². The summed E-state index contributed by atoms with van der Waals surface area (Å²) in [5.74, 6) is -0.903. The molecular formula is C66H40N6. The van der Waals surface area contributed by atoms with Gasteiger partial charge in [0.05, 0.1) is 61.3 Å². The molecule has 0 radical (unpaired) electrons. The van der Waals surface area contributed by atoms with Crippen LogP contribution in [0.2, 0.25) is 0 Å². The highest BCUT2D eigenvalue weighted by atomic mass is 15.0. The van der Waals surface area contributed by atoms with E-state index >= 15 is 0 Å². The van der Waals surface area contributed by atoms with Crippen LogP contribution in [0, 0.1) is 34.5 Å². The van der Waals surface area contributed by atoms with Gasteiger partial charge in [-0.05, 0) is 90.0 Å². The summed E-state index contributed by atoms with van der Waals surface area (Å²) in [6, 6.07) is 80.9. The first kappa shape index (κ1) is 40.0. The lowest BCUT2D eigenvalue weighted by atomic mass is 9.79. The standard InChI is InChI=1S/C66H40N6/c67-39-42-35-54(41-33-43(69-57-25-9-1-17-46(57)47-18-2-10-26-58(47)69)36-44(34-41)70-59-27-11-3-19-48(59)49-20-4-12-28-60(49)70)66(56(42)40-68)55-37-45(71-61-29-13-5-21-50(61)51-22-6-14-30-62(51)71)38-65(55)72-63-31-15-7-23-52(63)53-24-8-16-32-64(53)72/h1-38,55,66H. The quantitative estimate of drug-likeness (QED) is 0.167. The van der Waals surface area contributed by atoms with E-state index in [0.717, 1.165) is 88.8 Å². The molecule has 0 spiro atoms. The van der Waals surface area contributed by atoms with Crippen molar-refractivity contribution in [3.05, 3.63) is 247 Å². The number of hydrogen-bond acceptors (Lipinski definition) is 2. The Morgan fingerprint density at radius 3 is 1.03 bits per heavy atom. The van der Waals surface area contributed by atoms with Crippen molar-refractivity contribution in [1.29, 1.82) is 10.5 Å². The van der Waals surface area contributed by atoms with E-state index in [1.165, 1.54) is 32.3 Å². The number of nitriles is 2. The average Bonchev–Trinajstić information content (AvgIpc) is 4.29. The SMILES string of the molecule is N#CC1=C(C#N)C(C2C=C(n3c4ccccc4c4ccccc43)C=C2n2c3ccccc3c3ccccc32)C(c2cc(-n3c4ccccc4c4ccccc43)cc(-n3c4ccccc4c4ccccc43)c2)=C1. The second-order valence-corrected chi connectivity index (χ2v) is 19.0. The van der Waals surface area contributed by atoms with Crippen LogP contribution in [-0.4, -0.2) is 18.3 Å². The van der Waals surface area contributed by atoms with Crippen molar-refractivity contribution in [1.82, 2.24) is 18.3 Å². The predicted molar refractivity (Wildman–Crippen MR) is 296 cm³/mol. The first-order valence-corrected chi connectivity index (χ1v) is 24.5. The second-order valence-electron chi connectivity index (χ2n) is 19.0. The molecule has 0 saturated carbocycles. The van der Waals surface area contributed by atoms with Crippen molar-refractivity contribution in [2.75, 3.05) is 0 Å². The fourth-order valence-corrected chi connectivity index (χ4v) is 12.5. The molecule has 0 bridgehead atoms. The number of benzene rings is 9. The molecule has 2 unspecified atom stereocenters. The van der Waals surface area contributed by atoms with Crippen LogP contribution in [0.15, 0.2) is 242 Å². The van der Waals surface area contributed by atoms with Crippen molar-refractivity contribution < 1.29 is 0 Å². The third kappa shape index (κ3) is 5.58. The first-order valence-electron chi connectivity index (χ1n) is 24.5. The zero-order valence-electron chi connectivity index (χ0n) is 38.8. The minimum absolute atomic E-state index is 0.375. The summed E-state index contributed by atoms with van der Waals surface area (Å²) in [7, 11) is 0. The summed E-state index contributed by atoms with van der Waals surface area (Å²) in [6.07, 6.45) is 6.69.